The van der Waals surface area contributed by atoms with E-state index in [4.69, 9.17) is 4.74 Å². The first kappa shape index (κ1) is 23.6. The van der Waals surface area contributed by atoms with Gasteiger partial charge in [-0.3, -0.25) is 4.79 Å². The third-order valence-electron chi connectivity index (χ3n) is 4.25. The van der Waals surface area contributed by atoms with Gasteiger partial charge < -0.3 is 4.74 Å². The van der Waals surface area contributed by atoms with Crippen molar-refractivity contribution in [1.29, 1.82) is 0 Å². The summed E-state index contributed by atoms with van der Waals surface area (Å²) in [7, 11) is -4.29. The van der Waals surface area contributed by atoms with Gasteiger partial charge in [0.25, 0.3) is 0 Å². The minimum Gasteiger partial charge on any atom is -0.494 e. The van der Waals surface area contributed by atoms with Gasteiger partial charge in [-0.05, 0) is 50.2 Å². The summed E-state index contributed by atoms with van der Waals surface area (Å²) in [5.74, 6) is 0.172. The van der Waals surface area contributed by atoms with Gasteiger partial charge in [0.05, 0.1) is 17.1 Å². The molecule has 0 unspecified atom stereocenters. The van der Waals surface area contributed by atoms with Gasteiger partial charge in [0.15, 0.2) is 5.78 Å². The molecular formula is C21H22F3NO4S. The fourth-order valence-electron chi connectivity index (χ4n) is 2.78. The second-order valence-electron chi connectivity index (χ2n) is 6.42. The Bertz CT molecular complexity index is 1030. The number of alkyl halides is 3. The van der Waals surface area contributed by atoms with Gasteiger partial charge in [0.2, 0.25) is 10.0 Å². The SMILES string of the molecule is C=CCN(Cc1cc(C(C)=O)ccc1OCC)S(=O)(=O)c1cccc(C(F)(F)F)c1. The molecule has 0 saturated heterocycles. The highest BCUT2D eigenvalue weighted by Gasteiger charge is 2.33. The van der Waals surface area contributed by atoms with Crippen molar-refractivity contribution in [3.8, 4) is 5.75 Å². The van der Waals surface area contributed by atoms with E-state index in [2.05, 4.69) is 6.58 Å². The van der Waals surface area contributed by atoms with E-state index >= 15 is 0 Å². The van der Waals surface area contributed by atoms with Gasteiger partial charge in [-0.15, -0.1) is 6.58 Å². The van der Waals surface area contributed by atoms with Crippen LogP contribution in [0, 0.1) is 0 Å². The molecule has 2 rings (SSSR count). The van der Waals surface area contributed by atoms with Gasteiger partial charge in [0.1, 0.15) is 5.75 Å². The van der Waals surface area contributed by atoms with Crippen molar-refractivity contribution in [2.24, 2.45) is 0 Å². The second-order valence-corrected chi connectivity index (χ2v) is 8.36. The van der Waals surface area contributed by atoms with Crippen molar-refractivity contribution in [1.82, 2.24) is 4.31 Å². The highest BCUT2D eigenvalue weighted by molar-refractivity contribution is 7.89. The molecular weight excluding hydrogens is 419 g/mol. The molecule has 162 valence electrons. The smallest absolute Gasteiger partial charge is 0.416 e. The number of nitrogens with zero attached hydrogens (tertiary/aromatic N) is 1. The summed E-state index contributed by atoms with van der Waals surface area (Å²) in [5.41, 5.74) is -0.277. The molecule has 0 aliphatic heterocycles. The van der Waals surface area contributed by atoms with E-state index in [1.165, 1.54) is 19.1 Å². The van der Waals surface area contributed by atoms with Crippen LogP contribution in [0.25, 0.3) is 0 Å². The lowest BCUT2D eigenvalue weighted by Gasteiger charge is -2.23. The maximum atomic E-state index is 13.1. The van der Waals surface area contributed by atoms with Crippen LogP contribution in [0.2, 0.25) is 0 Å². The highest BCUT2D eigenvalue weighted by atomic mass is 32.2. The Kier molecular flexibility index (Phi) is 7.44. The van der Waals surface area contributed by atoms with Crippen LogP contribution >= 0.6 is 0 Å². The normalized spacial score (nSPS) is 12.1. The predicted molar refractivity (Wildman–Crippen MR) is 107 cm³/mol. The lowest BCUT2D eigenvalue weighted by atomic mass is 10.1. The van der Waals surface area contributed by atoms with Crippen LogP contribution in [-0.2, 0) is 22.7 Å². The summed E-state index contributed by atoms with van der Waals surface area (Å²) in [6.07, 6.45) is -3.34. The Morgan fingerprint density at radius 1 is 1.20 bits per heavy atom. The van der Waals surface area contributed by atoms with E-state index in [1.54, 1.807) is 19.1 Å². The molecule has 2 aromatic rings. The maximum absolute atomic E-state index is 13.1. The number of benzene rings is 2. The van der Waals surface area contributed by atoms with Crippen molar-refractivity contribution in [2.45, 2.75) is 31.5 Å². The summed E-state index contributed by atoms with van der Waals surface area (Å²) in [6.45, 7) is 6.63. The van der Waals surface area contributed by atoms with Gasteiger partial charge >= 0.3 is 6.18 Å². The lowest BCUT2D eigenvalue weighted by molar-refractivity contribution is -0.137. The monoisotopic (exact) mass is 441 g/mol. The van der Waals surface area contributed by atoms with Crippen LogP contribution in [0.15, 0.2) is 60.0 Å². The first-order valence-electron chi connectivity index (χ1n) is 9.05. The molecule has 0 bridgehead atoms. The Morgan fingerprint density at radius 3 is 2.47 bits per heavy atom. The zero-order valence-corrected chi connectivity index (χ0v) is 17.4. The molecule has 5 nitrogen and oxygen atoms in total. The second kappa shape index (κ2) is 9.44. The number of Topliss-reactive ketones (excluding diaryl/α,β-unsaturated/α-hetero) is 1. The fraction of sp³-hybridized carbons (Fsp3) is 0.286. The zero-order chi connectivity index (χ0) is 22.5. The van der Waals surface area contributed by atoms with E-state index < -0.39 is 26.7 Å². The molecule has 0 atom stereocenters. The minimum atomic E-state index is -4.67. The van der Waals surface area contributed by atoms with E-state index in [0.29, 0.717) is 29.5 Å². The van der Waals surface area contributed by atoms with Crippen molar-refractivity contribution in [3.05, 3.63) is 71.8 Å². The quantitative estimate of drug-likeness (QED) is 0.419. The molecule has 0 heterocycles. The van der Waals surface area contributed by atoms with Crippen molar-refractivity contribution in [3.63, 3.8) is 0 Å². The molecule has 30 heavy (non-hydrogen) atoms. The van der Waals surface area contributed by atoms with Gasteiger partial charge in [-0.1, -0.05) is 12.1 Å². The number of carbonyl (C=O) groups excluding carboxylic acids is 1. The van der Waals surface area contributed by atoms with E-state index in [0.717, 1.165) is 22.5 Å². The number of rotatable bonds is 9. The molecule has 0 aliphatic carbocycles. The lowest BCUT2D eigenvalue weighted by Crippen LogP contribution is -2.31. The van der Waals surface area contributed by atoms with Crippen LogP contribution in [0.4, 0.5) is 13.2 Å². The summed E-state index contributed by atoms with van der Waals surface area (Å²) in [4.78, 5) is 11.2. The number of halogens is 3. The molecule has 0 spiro atoms. The predicted octanol–water partition coefficient (Wildman–Crippen LogP) is 4.68. The Hall–Kier alpha value is -2.65. The highest BCUT2D eigenvalue weighted by Crippen LogP contribution is 2.32. The third-order valence-corrected chi connectivity index (χ3v) is 6.05. The van der Waals surface area contributed by atoms with E-state index in [1.807, 2.05) is 0 Å². The van der Waals surface area contributed by atoms with Crippen LogP contribution in [0.1, 0.15) is 35.3 Å². The first-order valence-corrected chi connectivity index (χ1v) is 10.5. The average Bonchev–Trinajstić information content (AvgIpc) is 2.68. The third kappa shape index (κ3) is 5.48. The van der Waals surface area contributed by atoms with Gasteiger partial charge in [-0.2, -0.15) is 17.5 Å². The number of ketones is 1. The molecule has 9 heteroatoms. The Morgan fingerprint density at radius 2 is 1.90 bits per heavy atom. The van der Waals surface area contributed by atoms with Crippen LogP contribution < -0.4 is 4.74 Å². The number of ether oxygens (including phenoxy) is 1. The minimum absolute atomic E-state index is 0.144. The average molecular weight is 441 g/mol. The van der Waals surface area contributed by atoms with Crippen molar-refractivity contribution in [2.75, 3.05) is 13.2 Å². The van der Waals surface area contributed by atoms with Crippen LogP contribution in [0.5, 0.6) is 5.75 Å². The topological polar surface area (TPSA) is 63.7 Å². The first-order chi connectivity index (χ1) is 14.0. The van der Waals surface area contributed by atoms with E-state index in [-0.39, 0.29) is 18.9 Å². The summed E-state index contributed by atoms with van der Waals surface area (Å²) in [6, 6.07) is 8.21. The van der Waals surface area contributed by atoms with Crippen LogP contribution in [0.3, 0.4) is 0 Å². The number of hydrogen-bond donors (Lipinski definition) is 0. The number of hydrogen-bond acceptors (Lipinski definition) is 4. The Balaban J connectivity index is 2.51. The van der Waals surface area contributed by atoms with E-state index in [9.17, 15) is 26.4 Å². The summed E-state index contributed by atoms with van der Waals surface area (Å²) >= 11 is 0. The van der Waals surface area contributed by atoms with Gasteiger partial charge in [-0.25, -0.2) is 8.42 Å². The standard InChI is InChI=1S/C21H22F3NO4S/c1-4-11-25(14-17-12-16(15(3)26)9-10-20(17)29-5-2)30(27,28)19-8-6-7-18(13-19)21(22,23)24/h4,6-10,12-13H,1,5,11,14H2,2-3H3. The van der Waals surface area contributed by atoms with Crippen LogP contribution in [-0.4, -0.2) is 31.7 Å². The zero-order valence-electron chi connectivity index (χ0n) is 16.6. The molecule has 2 aromatic carbocycles. The molecule has 0 amide bonds. The molecule has 0 aliphatic rings. The summed E-state index contributed by atoms with van der Waals surface area (Å²) in [5, 5.41) is 0. The van der Waals surface area contributed by atoms with Gasteiger partial charge in [0, 0.05) is 24.2 Å². The maximum Gasteiger partial charge on any atom is 0.416 e. The largest absolute Gasteiger partial charge is 0.494 e. The molecule has 0 aromatic heterocycles. The van der Waals surface area contributed by atoms with Crippen molar-refractivity contribution >= 4 is 15.8 Å². The van der Waals surface area contributed by atoms with Crippen molar-refractivity contribution < 1.29 is 31.1 Å². The number of carbonyl (C=O) groups is 1. The fourth-order valence-corrected chi connectivity index (χ4v) is 4.22. The molecule has 0 N–H and O–H groups in total. The Labute approximate surface area is 173 Å². The molecule has 0 radical (unpaired) electrons. The molecule has 0 saturated carbocycles. The molecule has 0 fully saturated rings. The number of sulfonamides is 1. The summed E-state index contributed by atoms with van der Waals surface area (Å²) < 4.78 is 71.8.